The van der Waals surface area contributed by atoms with Crippen molar-refractivity contribution in [1.29, 1.82) is 0 Å². The summed E-state index contributed by atoms with van der Waals surface area (Å²) < 4.78 is 5.20. The summed E-state index contributed by atoms with van der Waals surface area (Å²) in [4.78, 5) is 17.5. The lowest BCUT2D eigenvalue weighted by atomic mass is 9.75. The number of hydrogen-bond donors (Lipinski definition) is 0. The van der Waals surface area contributed by atoms with Gasteiger partial charge in [0.15, 0.2) is 0 Å². The average molecular weight is 379 g/mol. The van der Waals surface area contributed by atoms with Gasteiger partial charge in [-0.05, 0) is 35.2 Å². The van der Waals surface area contributed by atoms with Crippen molar-refractivity contribution < 1.29 is 9.53 Å². The molecule has 1 fully saturated rings. The van der Waals surface area contributed by atoms with Crippen LogP contribution in [-0.4, -0.2) is 49.0 Å². The summed E-state index contributed by atoms with van der Waals surface area (Å²) in [5, 5.41) is 0. The van der Waals surface area contributed by atoms with Crippen molar-refractivity contribution in [2.45, 2.75) is 38.1 Å². The van der Waals surface area contributed by atoms with Gasteiger partial charge in [-0.25, -0.2) is 0 Å². The lowest BCUT2D eigenvalue weighted by molar-refractivity contribution is -0.134. The van der Waals surface area contributed by atoms with Crippen molar-refractivity contribution in [2.24, 2.45) is 0 Å². The van der Waals surface area contributed by atoms with E-state index in [1.165, 1.54) is 16.7 Å². The maximum absolute atomic E-state index is 12.9. The predicted molar refractivity (Wildman–Crippen MR) is 112 cm³/mol. The fraction of sp³-hybridized carbons (Fsp3) is 0.458. The van der Waals surface area contributed by atoms with E-state index in [4.69, 9.17) is 4.74 Å². The van der Waals surface area contributed by atoms with Gasteiger partial charge in [0.2, 0.25) is 5.91 Å². The maximum atomic E-state index is 12.9. The minimum Gasteiger partial charge on any atom is -0.497 e. The first kappa shape index (κ1) is 19.0. The molecule has 0 saturated carbocycles. The van der Waals surface area contributed by atoms with E-state index in [0.29, 0.717) is 12.5 Å². The van der Waals surface area contributed by atoms with Crippen LogP contribution in [0, 0.1) is 0 Å². The summed E-state index contributed by atoms with van der Waals surface area (Å²) in [6.07, 6.45) is 1.34. The van der Waals surface area contributed by atoms with E-state index in [2.05, 4.69) is 47.9 Å². The number of fused-ring (bicyclic) bond motifs is 3. The highest BCUT2D eigenvalue weighted by atomic mass is 16.5. The third-order valence-electron chi connectivity index (χ3n) is 6.28. The number of hydrogen-bond acceptors (Lipinski definition) is 3. The zero-order chi connectivity index (χ0) is 19.7. The van der Waals surface area contributed by atoms with Crippen molar-refractivity contribution in [3.05, 3.63) is 65.2 Å². The molecule has 28 heavy (non-hydrogen) atoms. The summed E-state index contributed by atoms with van der Waals surface area (Å²) in [6.45, 7) is 8.30. The number of aryl methyl sites for hydroxylation is 1. The topological polar surface area (TPSA) is 32.8 Å². The van der Waals surface area contributed by atoms with Crippen LogP contribution in [-0.2, 0) is 16.6 Å². The Kier molecular flexibility index (Phi) is 5.15. The zero-order valence-electron chi connectivity index (χ0n) is 17.1. The fourth-order valence-electron chi connectivity index (χ4n) is 4.73. The molecule has 0 aliphatic carbocycles. The highest BCUT2D eigenvalue weighted by Crippen LogP contribution is 2.41. The third kappa shape index (κ3) is 3.66. The van der Waals surface area contributed by atoms with E-state index in [1.807, 2.05) is 24.3 Å². The first-order valence-electron chi connectivity index (χ1n) is 10.2. The Bertz CT molecular complexity index is 844. The number of piperazine rings is 1. The van der Waals surface area contributed by atoms with Crippen molar-refractivity contribution in [1.82, 2.24) is 9.80 Å². The van der Waals surface area contributed by atoms with Gasteiger partial charge in [0.05, 0.1) is 13.2 Å². The second-order valence-electron chi connectivity index (χ2n) is 8.65. The van der Waals surface area contributed by atoms with Gasteiger partial charge in [-0.3, -0.25) is 9.69 Å². The molecule has 1 atom stereocenters. The molecule has 1 amide bonds. The molecule has 4 rings (SSSR count). The van der Waals surface area contributed by atoms with Gasteiger partial charge in [0, 0.05) is 38.0 Å². The predicted octanol–water partition coefficient (Wildman–Crippen LogP) is 3.80. The average Bonchev–Trinajstić information content (AvgIpc) is 2.72. The standard InChI is InChI=1S/C24H30N2O2/c1-24(2)17-26-15-14-25(16-22(26)20-6-4-5-7-21(20)24)23(27)13-10-18-8-11-19(28-3)12-9-18/h4-9,11-12,22H,10,13-17H2,1-3H3. The van der Waals surface area contributed by atoms with Crippen LogP contribution in [0.4, 0.5) is 0 Å². The van der Waals surface area contributed by atoms with Crippen LogP contribution < -0.4 is 4.74 Å². The lowest BCUT2D eigenvalue weighted by Crippen LogP contribution is -2.55. The van der Waals surface area contributed by atoms with Crippen LogP contribution in [0.2, 0.25) is 0 Å². The third-order valence-corrected chi connectivity index (χ3v) is 6.28. The smallest absolute Gasteiger partial charge is 0.223 e. The number of rotatable bonds is 4. The van der Waals surface area contributed by atoms with Crippen LogP contribution in [0.5, 0.6) is 5.75 Å². The molecule has 2 aliphatic heterocycles. The summed E-state index contributed by atoms with van der Waals surface area (Å²) in [5.41, 5.74) is 4.17. The molecule has 0 radical (unpaired) electrons. The van der Waals surface area contributed by atoms with Gasteiger partial charge in [-0.15, -0.1) is 0 Å². The quantitative estimate of drug-likeness (QED) is 0.811. The molecule has 1 unspecified atom stereocenters. The van der Waals surface area contributed by atoms with Gasteiger partial charge in [-0.2, -0.15) is 0 Å². The minimum absolute atomic E-state index is 0.160. The number of ether oxygens (including phenoxy) is 1. The summed E-state index contributed by atoms with van der Waals surface area (Å²) in [6, 6.07) is 17.1. The number of carbonyl (C=O) groups is 1. The van der Waals surface area contributed by atoms with E-state index < -0.39 is 0 Å². The highest BCUT2D eigenvalue weighted by Gasteiger charge is 2.40. The van der Waals surface area contributed by atoms with Gasteiger partial charge in [0.25, 0.3) is 0 Å². The number of carbonyl (C=O) groups excluding carboxylic acids is 1. The van der Waals surface area contributed by atoms with Crippen LogP contribution in [0.3, 0.4) is 0 Å². The summed E-state index contributed by atoms with van der Waals surface area (Å²) >= 11 is 0. The Morgan fingerprint density at radius 2 is 1.86 bits per heavy atom. The largest absolute Gasteiger partial charge is 0.497 e. The van der Waals surface area contributed by atoms with E-state index in [-0.39, 0.29) is 11.3 Å². The first-order chi connectivity index (χ1) is 13.5. The molecule has 4 heteroatoms. The fourth-order valence-corrected chi connectivity index (χ4v) is 4.73. The van der Waals surface area contributed by atoms with Gasteiger partial charge < -0.3 is 9.64 Å². The van der Waals surface area contributed by atoms with Crippen molar-refractivity contribution in [3.8, 4) is 5.75 Å². The molecule has 1 saturated heterocycles. The van der Waals surface area contributed by atoms with Gasteiger partial charge in [-0.1, -0.05) is 50.2 Å². The molecule has 148 valence electrons. The van der Waals surface area contributed by atoms with E-state index >= 15 is 0 Å². The van der Waals surface area contributed by atoms with E-state index in [9.17, 15) is 4.79 Å². The molecule has 2 aliphatic rings. The number of methoxy groups -OCH3 is 1. The van der Waals surface area contributed by atoms with Crippen LogP contribution >= 0.6 is 0 Å². The Labute approximate surface area is 168 Å². The van der Waals surface area contributed by atoms with Crippen LogP contribution in [0.25, 0.3) is 0 Å². The second kappa shape index (κ2) is 7.59. The van der Waals surface area contributed by atoms with Crippen molar-refractivity contribution in [3.63, 3.8) is 0 Å². The van der Waals surface area contributed by atoms with Gasteiger partial charge in [0.1, 0.15) is 5.75 Å². The molecular weight excluding hydrogens is 348 g/mol. The lowest BCUT2D eigenvalue weighted by Gasteiger charge is -2.50. The Hall–Kier alpha value is -2.33. The van der Waals surface area contributed by atoms with Crippen molar-refractivity contribution >= 4 is 5.91 Å². The Morgan fingerprint density at radius 1 is 1.11 bits per heavy atom. The number of benzene rings is 2. The molecule has 2 heterocycles. The molecular formula is C24H30N2O2. The molecule has 0 bridgehead atoms. The van der Waals surface area contributed by atoms with E-state index in [0.717, 1.165) is 38.3 Å². The highest BCUT2D eigenvalue weighted by molar-refractivity contribution is 5.76. The van der Waals surface area contributed by atoms with Crippen LogP contribution in [0.15, 0.2) is 48.5 Å². The first-order valence-corrected chi connectivity index (χ1v) is 10.2. The molecule has 0 N–H and O–H groups in total. The van der Waals surface area contributed by atoms with Crippen molar-refractivity contribution in [2.75, 3.05) is 33.3 Å². The van der Waals surface area contributed by atoms with Gasteiger partial charge >= 0.3 is 0 Å². The SMILES string of the molecule is COc1ccc(CCC(=O)N2CCN3CC(C)(C)c4ccccc4C3C2)cc1. The Morgan fingerprint density at radius 3 is 2.61 bits per heavy atom. The molecule has 0 spiro atoms. The van der Waals surface area contributed by atoms with Crippen LogP contribution in [0.1, 0.15) is 43.0 Å². The Balaban J connectivity index is 1.43. The summed E-state index contributed by atoms with van der Waals surface area (Å²) in [7, 11) is 1.67. The monoisotopic (exact) mass is 378 g/mol. The second-order valence-corrected chi connectivity index (χ2v) is 8.65. The molecule has 0 aromatic heterocycles. The molecule has 2 aromatic rings. The minimum atomic E-state index is 0.160. The zero-order valence-corrected chi connectivity index (χ0v) is 17.1. The number of nitrogens with zero attached hydrogens (tertiary/aromatic N) is 2. The number of amides is 1. The molecule has 2 aromatic carbocycles. The normalized spacial score (nSPS) is 21.0. The summed E-state index contributed by atoms with van der Waals surface area (Å²) in [5.74, 6) is 1.11. The maximum Gasteiger partial charge on any atom is 0.223 e. The molecule has 4 nitrogen and oxygen atoms in total. The van der Waals surface area contributed by atoms with E-state index in [1.54, 1.807) is 7.11 Å².